The molecule has 0 saturated carbocycles. The number of aromatic nitrogens is 2. The number of fused-ring (bicyclic) bond motifs is 1. The fourth-order valence-corrected chi connectivity index (χ4v) is 4.48. The summed E-state index contributed by atoms with van der Waals surface area (Å²) in [6, 6.07) is 10.1. The molecule has 1 N–H and O–H groups in total. The van der Waals surface area contributed by atoms with Crippen LogP contribution in [0.25, 0.3) is 16.2 Å². The van der Waals surface area contributed by atoms with E-state index in [2.05, 4.69) is 9.72 Å². The summed E-state index contributed by atoms with van der Waals surface area (Å²) < 4.78 is 12.6. The number of rotatable bonds is 6. The summed E-state index contributed by atoms with van der Waals surface area (Å²) in [5.41, 5.74) is 2.83. The zero-order chi connectivity index (χ0) is 19.5. The first-order valence-electron chi connectivity index (χ1n) is 9.37. The van der Waals surface area contributed by atoms with Crippen molar-refractivity contribution in [2.24, 2.45) is 0 Å². The zero-order valence-electron chi connectivity index (χ0n) is 16.1. The number of hydrogen-bond acceptors (Lipinski definition) is 6. The van der Waals surface area contributed by atoms with E-state index in [1.165, 1.54) is 11.3 Å². The Morgan fingerprint density at radius 3 is 2.75 bits per heavy atom. The highest BCUT2D eigenvalue weighted by Gasteiger charge is 2.26. The van der Waals surface area contributed by atoms with Crippen molar-refractivity contribution >= 4 is 28.0 Å². The summed E-state index contributed by atoms with van der Waals surface area (Å²) in [4.78, 5) is 21.3. The van der Waals surface area contributed by atoms with E-state index in [0.29, 0.717) is 39.5 Å². The molecule has 1 aromatic carbocycles. The van der Waals surface area contributed by atoms with E-state index in [1.54, 1.807) is 7.11 Å². The molecule has 1 aliphatic heterocycles. The molecule has 1 aliphatic rings. The predicted octanol–water partition coefficient (Wildman–Crippen LogP) is 2.90. The Labute approximate surface area is 167 Å². The maximum atomic E-state index is 13.0. The van der Waals surface area contributed by atoms with Crippen LogP contribution >= 0.6 is 11.3 Å². The van der Waals surface area contributed by atoms with Gasteiger partial charge in [-0.1, -0.05) is 41.7 Å². The quantitative estimate of drug-likeness (QED) is 0.645. The third kappa shape index (κ3) is 3.50. The van der Waals surface area contributed by atoms with Gasteiger partial charge in [-0.05, 0) is 6.92 Å². The van der Waals surface area contributed by atoms with Crippen molar-refractivity contribution in [3.63, 3.8) is 0 Å². The Balaban J connectivity index is 1.75. The minimum atomic E-state index is 0.0559. The van der Waals surface area contributed by atoms with Crippen LogP contribution in [0.3, 0.4) is 0 Å². The van der Waals surface area contributed by atoms with Gasteiger partial charge in [-0.25, -0.2) is 4.98 Å². The van der Waals surface area contributed by atoms with Gasteiger partial charge in [0.05, 0.1) is 19.8 Å². The fraction of sp³-hybridized carbons (Fsp3) is 0.400. The summed E-state index contributed by atoms with van der Waals surface area (Å²) in [5.74, 6) is 0.952. The SMILES string of the molecule is COCCNc1c(-c2ccccc2)nc2sc(C(=O)N3CCOCC3)c(C)n12. The van der Waals surface area contributed by atoms with Gasteiger partial charge in [0, 0.05) is 38.0 Å². The smallest absolute Gasteiger partial charge is 0.266 e. The van der Waals surface area contributed by atoms with Crippen LogP contribution < -0.4 is 5.32 Å². The summed E-state index contributed by atoms with van der Waals surface area (Å²) in [5, 5.41) is 3.45. The first kappa shape index (κ1) is 18.9. The number of nitrogens with zero attached hydrogens (tertiary/aromatic N) is 3. The van der Waals surface area contributed by atoms with E-state index >= 15 is 0 Å². The number of anilines is 1. The molecule has 3 aromatic rings. The van der Waals surface area contributed by atoms with E-state index in [9.17, 15) is 4.79 Å². The van der Waals surface area contributed by atoms with Gasteiger partial charge in [0.25, 0.3) is 5.91 Å². The number of carbonyl (C=O) groups is 1. The molecule has 7 nitrogen and oxygen atoms in total. The van der Waals surface area contributed by atoms with Crippen LogP contribution in [0.15, 0.2) is 30.3 Å². The van der Waals surface area contributed by atoms with Crippen molar-refractivity contribution in [3.05, 3.63) is 40.9 Å². The van der Waals surface area contributed by atoms with Gasteiger partial charge in [-0.3, -0.25) is 9.20 Å². The molecule has 0 spiro atoms. The molecule has 28 heavy (non-hydrogen) atoms. The first-order chi connectivity index (χ1) is 13.7. The predicted molar refractivity (Wildman–Crippen MR) is 110 cm³/mol. The molecule has 0 aliphatic carbocycles. The van der Waals surface area contributed by atoms with Crippen LogP contribution in [0.4, 0.5) is 5.82 Å². The van der Waals surface area contributed by atoms with Crippen molar-refractivity contribution < 1.29 is 14.3 Å². The molecular weight excluding hydrogens is 376 g/mol. The van der Waals surface area contributed by atoms with Crippen molar-refractivity contribution in [1.82, 2.24) is 14.3 Å². The highest BCUT2D eigenvalue weighted by atomic mass is 32.1. The topological polar surface area (TPSA) is 68.1 Å². The highest BCUT2D eigenvalue weighted by molar-refractivity contribution is 7.19. The van der Waals surface area contributed by atoms with E-state index < -0.39 is 0 Å². The Hall–Kier alpha value is -2.42. The van der Waals surface area contributed by atoms with Gasteiger partial charge in [-0.15, -0.1) is 0 Å². The summed E-state index contributed by atoms with van der Waals surface area (Å²) in [7, 11) is 1.68. The average Bonchev–Trinajstić information content (AvgIpc) is 3.26. The Kier molecular flexibility index (Phi) is 5.61. The number of imidazole rings is 1. The van der Waals surface area contributed by atoms with Crippen molar-refractivity contribution in [1.29, 1.82) is 0 Å². The number of nitrogens with one attached hydrogen (secondary N) is 1. The maximum absolute atomic E-state index is 13.0. The largest absolute Gasteiger partial charge is 0.383 e. The minimum absolute atomic E-state index is 0.0559. The van der Waals surface area contributed by atoms with Gasteiger partial charge in [0.15, 0.2) is 4.96 Å². The van der Waals surface area contributed by atoms with Crippen LogP contribution in [0.2, 0.25) is 0 Å². The molecule has 0 radical (unpaired) electrons. The molecule has 1 amide bonds. The van der Waals surface area contributed by atoms with Crippen molar-refractivity contribution in [2.45, 2.75) is 6.92 Å². The molecule has 8 heteroatoms. The number of thiazole rings is 1. The van der Waals surface area contributed by atoms with Crippen LogP contribution in [-0.4, -0.2) is 66.8 Å². The van der Waals surface area contributed by atoms with E-state index in [0.717, 1.165) is 32.6 Å². The maximum Gasteiger partial charge on any atom is 0.266 e. The lowest BCUT2D eigenvalue weighted by Crippen LogP contribution is -2.40. The average molecular weight is 401 g/mol. The third-order valence-corrected chi connectivity index (χ3v) is 5.97. The Morgan fingerprint density at radius 1 is 1.29 bits per heavy atom. The number of morpholine rings is 1. The summed E-state index contributed by atoms with van der Waals surface area (Å²) in [6.07, 6.45) is 0. The van der Waals surface area contributed by atoms with Gasteiger partial charge in [0.2, 0.25) is 0 Å². The second kappa shape index (κ2) is 8.30. The van der Waals surface area contributed by atoms with Crippen molar-refractivity contribution in [2.75, 3.05) is 51.9 Å². The monoisotopic (exact) mass is 400 g/mol. The van der Waals surface area contributed by atoms with E-state index in [1.807, 2.05) is 42.2 Å². The van der Waals surface area contributed by atoms with E-state index in [4.69, 9.17) is 14.5 Å². The molecule has 148 valence electrons. The number of methoxy groups -OCH3 is 1. The fourth-order valence-electron chi connectivity index (χ4n) is 3.39. The van der Waals surface area contributed by atoms with Gasteiger partial charge in [0.1, 0.15) is 16.4 Å². The second-order valence-corrected chi connectivity index (χ2v) is 7.61. The lowest BCUT2D eigenvalue weighted by Gasteiger charge is -2.26. The van der Waals surface area contributed by atoms with Gasteiger partial charge < -0.3 is 19.7 Å². The molecule has 2 aromatic heterocycles. The molecule has 1 fully saturated rings. The van der Waals surface area contributed by atoms with Crippen LogP contribution in [0.5, 0.6) is 0 Å². The second-order valence-electron chi connectivity index (χ2n) is 6.63. The third-order valence-electron chi connectivity index (χ3n) is 4.84. The molecule has 0 atom stereocenters. The highest BCUT2D eigenvalue weighted by Crippen LogP contribution is 2.35. The zero-order valence-corrected chi connectivity index (χ0v) is 16.9. The lowest BCUT2D eigenvalue weighted by atomic mass is 10.1. The van der Waals surface area contributed by atoms with Crippen LogP contribution in [0, 0.1) is 6.92 Å². The number of carbonyl (C=O) groups excluding carboxylic acids is 1. The first-order valence-corrected chi connectivity index (χ1v) is 10.2. The number of hydrogen-bond donors (Lipinski definition) is 1. The lowest BCUT2D eigenvalue weighted by molar-refractivity contribution is 0.0305. The number of amides is 1. The summed E-state index contributed by atoms with van der Waals surface area (Å²) in [6.45, 7) is 5.68. The summed E-state index contributed by atoms with van der Waals surface area (Å²) >= 11 is 1.44. The van der Waals surface area contributed by atoms with Crippen LogP contribution in [0.1, 0.15) is 15.4 Å². The molecule has 0 unspecified atom stereocenters. The van der Waals surface area contributed by atoms with Crippen LogP contribution in [-0.2, 0) is 9.47 Å². The number of ether oxygens (including phenoxy) is 2. The van der Waals surface area contributed by atoms with Gasteiger partial charge in [-0.2, -0.15) is 0 Å². The normalized spacial score (nSPS) is 14.6. The van der Waals surface area contributed by atoms with E-state index in [-0.39, 0.29) is 5.91 Å². The number of benzene rings is 1. The van der Waals surface area contributed by atoms with Crippen molar-refractivity contribution in [3.8, 4) is 11.3 Å². The standard InChI is InChI=1S/C20H24N4O3S/c1-14-17(19(25)23-9-12-27-13-10-23)28-20-22-16(15-6-4-3-5-7-15)18(24(14)20)21-8-11-26-2/h3-7,21H,8-13H2,1-2H3. The Morgan fingerprint density at radius 2 is 2.04 bits per heavy atom. The Bertz CT molecular complexity index is 961. The number of aryl methyl sites for hydroxylation is 1. The molecule has 3 heterocycles. The molecular formula is C20H24N4O3S. The molecule has 4 rings (SSSR count). The molecule has 0 bridgehead atoms. The van der Waals surface area contributed by atoms with Gasteiger partial charge >= 0.3 is 0 Å². The molecule has 1 saturated heterocycles. The minimum Gasteiger partial charge on any atom is -0.383 e.